The van der Waals surface area contributed by atoms with E-state index in [1.165, 1.54) is 0 Å². The number of amides is 1. The molecule has 0 spiro atoms. The topological polar surface area (TPSA) is 48.0 Å². The van der Waals surface area contributed by atoms with Gasteiger partial charge in [0.1, 0.15) is 5.75 Å². The van der Waals surface area contributed by atoms with Gasteiger partial charge in [-0.15, -0.1) is 0 Å². The number of nitrogens with zero attached hydrogens (tertiary/aromatic N) is 1. The Morgan fingerprint density at radius 3 is 2.68 bits per heavy atom. The number of likely N-dealkylation sites (tertiary alicyclic amines) is 1. The molecule has 2 aliphatic heterocycles. The van der Waals surface area contributed by atoms with E-state index in [0.29, 0.717) is 31.3 Å². The lowest BCUT2D eigenvalue weighted by molar-refractivity contribution is -0.0956. The summed E-state index contributed by atoms with van der Waals surface area (Å²) in [6.45, 7) is 5.43. The first-order valence-corrected chi connectivity index (χ1v) is 8.03. The molecule has 0 radical (unpaired) electrons. The highest BCUT2D eigenvalue weighted by atomic mass is 16.7. The predicted octanol–water partition coefficient (Wildman–Crippen LogP) is 2.31. The molecule has 0 unspecified atom stereocenters. The first kappa shape index (κ1) is 15.3. The summed E-state index contributed by atoms with van der Waals surface area (Å²) in [7, 11) is 0. The van der Waals surface area contributed by atoms with Crippen molar-refractivity contribution in [2.45, 2.75) is 26.1 Å². The normalized spacial score (nSPS) is 20.3. The molecule has 2 saturated heterocycles. The van der Waals surface area contributed by atoms with Gasteiger partial charge in [-0.25, -0.2) is 0 Å². The molecule has 0 N–H and O–H groups in total. The van der Waals surface area contributed by atoms with Crippen molar-refractivity contribution in [1.82, 2.24) is 4.90 Å². The Hall–Kier alpha value is -1.59. The summed E-state index contributed by atoms with van der Waals surface area (Å²) in [5.74, 6) is 1.23. The average Bonchev–Trinajstić information content (AvgIpc) is 3.09. The van der Waals surface area contributed by atoms with Gasteiger partial charge in [-0.1, -0.05) is 6.07 Å². The maximum atomic E-state index is 12.6. The summed E-state index contributed by atoms with van der Waals surface area (Å²) in [6.07, 6.45) is 1.79. The van der Waals surface area contributed by atoms with Crippen molar-refractivity contribution in [3.8, 4) is 5.75 Å². The van der Waals surface area contributed by atoms with E-state index in [4.69, 9.17) is 14.2 Å². The Labute approximate surface area is 131 Å². The van der Waals surface area contributed by atoms with E-state index in [9.17, 15) is 4.79 Å². The van der Waals surface area contributed by atoms with Gasteiger partial charge in [0.25, 0.3) is 5.91 Å². The maximum Gasteiger partial charge on any atom is 0.253 e. The first-order chi connectivity index (χ1) is 10.8. The van der Waals surface area contributed by atoms with Crippen LogP contribution >= 0.6 is 0 Å². The first-order valence-electron chi connectivity index (χ1n) is 8.03. The summed E-state index contributed by atoms with van der Waals surface area (Å²) < 4.78 is 16.6. The van der Waals surface area contributed by atoms with Crippen LogP contribution in [-0.4, -0.2) is 50.0 Å². The Balaban J connectivity index is 1.58. The van der Waals surface area contributed by atoms with Crippen molar-refractivity contribution in [3.63, 3.8) is 0 Å². The van der Waals surface area contributed by atoms with E-state index in [-0.39, 0.29) is 12.2 Å². The zero-order valence-electron chi connectivity index (χ0n) is 13.0. The molecule has 0 aromatic heterocycles. The fraction of sp³-hybridized carbons (Fsp3) is 0.588. The summed E-state index contributed by atoms with van der Waals surface area (Å²) >= 11 is 0. The zero-order chi connectivity index (χ0) is 15.4. The number of piperidine rings is 1. The highest BCUT2D eigenvalue weighted by Crippen LogP contribution is 2.27. The van der Waals surface area contributed by atoms with Crippen LogP contribution in [0.1, 0.15) is 30.1 Å². The predicted molar refractivity (Wildman–Crippen MR) is 81.9 cm³/mol. The standard InChI is InChI=1S/C17H23NO4/c1-2-20-15-5-3-4-14(12-15)16(19)18-8-6-13(7-9-18)17-21-10-11-22-17/h3-5,12-13,17H,2,6-11H2,1H3. The third kappa shape index (κ3) is 3.42. The van der Waals surface area contributed by atoms with Gasteiger partial charge in [0, 0.05) is 24.6 Å². The Morgan fingerprint density at radius 2 is 2.00 bits per heavy atom. The van der Waals surface area contributed by atoms with Crippen LogP contribution in [0.15, 0.2) is 24.3 Å². The summed E-state index contributed by atoms with van der Waals surface area (Å²) in [5.41, 5.74) is 0.692. The molecule has 3 rings (SSSR count). The zero-order valence-corrected chi connectivity index (χ0v) is 13.0. The maximum absolute atomic E-state index is 12.6. The molecule has 120 valence electrons. The van der Waals surface area contributed by atoms with Gasteiger partial charge in [-0.2, -0.15) is 0 Å². The highest BCUT2D eigenvalue weighted by Gasteiger charge is 2.32. The molecule has 1 aromatic carbocycles. The second kappa shape index (κ2) is 7.11. The van der Waals surface area contributed by atoms with E-state index >= 15 is 0 Å². The lowest BCUT2D eigenvalue weighted by Crippen LogP contribution is -2.41. The lowest BCUT2D eigenvalue weighted by Gasteiger charge is -2.33. The minimum absolute atomic E-state index is 0.0708. The second-order valence-corrected chi connectivity index (χ2v) is 5.70. The third-order valence-corrected chi connectivity index (χ3v) is 4.25. The van der Waals surface area contributed by atoms with Crippen LogP contribution in [0.5, 0.6) is 5.75 Å². The van der Waals surface area contributed by atoms with Gasteiger partial charge in [0.15, 0.2) is 6.29 Å². The van der Waals surface area contributed by atoms with Crippen LogP contribution in [0.2, 0.25) is 0 Å². The number of rotatable bonds is 4. The number of hydrogen-bond acceptors (Lipinski definition) is 4. The Kier molecular flexibility index (Phi) is 4.95. The monoisotopic (exact) mass is 305 g/mol. The largest absolute Gasteiger partial charge is 0.494 e. The minimum atomic E-state index is -0.0708. The van der Waals surface area contributed by atoms with Crippen molar-refractivity contribution < 1.29 is 19.0 Å². The van der Waals surface area contributed by atoms with E-state index in [1.54, 1.807) is 0 Å². The quantitative estimate of drug-likeness (QED) is 0.856. The molecule has 0 saturated carbocycles. The molecule has 1 aromatic rings. The fourth-order valence-electron chi connectivity index (χ4n) is 3.09. The van der Waals surface area contributed by atoms with Crippen molar-refractivity contribution in [2.75, 3.05) is 32.9 Å². The molecule has 0 atom stereocenters. The molecular formula is C17H23NO4. The number of hydrogen-bond donors (Lipinski definition) is 0. The lowest BCUT2D eigenvalue weighted by atomic mass is 9.95. The van der Waals surface area contributed by atoms with Crippen molar-refractivity contribution in [2.24, 2.45) is 5.92 Å². The van der Waals surface area contributed by atoms with Gasteiger partial charge in [0.05, 0.1) is 19.8 Å². The number of carbonyl (C=O) groups excluding carboxylic acids is 1. The minimum Gasteiger partial charge on any atom is -0.494 e. The SMILES string of the molecule is CCOc1cccc(C(=O)N2CCC(C3OCCO3)CC2)c1. The molecule has 22 heavy (non-hydrogen) atoms. The van der Waals surface area contributed by atoms with Gasteiger partial charge in [-0.05, 0) is 38.0 Å². The number of carbonyl (C=O) groups is 1. The van der Waals surface area contributed by atoms with Crippen LogP contribution in [-0.2, 0) is 9.47 Å². The van der Waals surface area contributed by atoms with Crippen LogP contribution in [0.25, 0.3) is 0 Å². The Morgan fingerprint density at radius 1 is 1.27 bits per heavy atom. The smallest absolute Gasteiger partial charge is 0.253 e. The van der Waals surface area contributed by atoms with Gasteiger partial charge >= 0.3 is 0 Å². The van der Waals surface area contributed by atoms with E-state index in [1.807, 2.05) is 36.1 Å². The molecule has 5 nitrogen and oxygen atoms in total. The summed E-state index contributed by atoms with van der Waals surface area (Å²) in [6, 6.07) is 7.41. The fourth-order valence-corrected chi connectivity index (χ4v) is 3.09. The van der Waals surface area contributed by atoms with E-state index in [0.717, 1.165) is 31.7 Å². The van der Waals surface area contributed by atoms with Crippen molar-refractivity contribution in [3.05, 3.63) is 29.8 Å². The highest BCUT2D eigenvalue weighted by molar-refractivity contribution is 5.94. The molecule has 1 amide bonds. The third-order valence-electron chi connectivity index (χ3n) is 4.25. The van der Waals surface area contributed by atoms with Crippen LogP contribution in [0.3, 0.4) is 0 Å². The summed E-state index contributed by atoms with van der Waals surface area (Å²) in [4.78, 5) is 14.5. The molecule has 0 bridgehead atoms. The Bertz CT molecular complexity index is 505. The average molecular weight is 305 g/mol. The van der Waals surface area contributed by atoms with E-state index < -0.39 is 0 Å². The summed E-state index contributed by atoms with van der Waals surface area (Å²) in [5, 5.41) is 0. The number of benzene rings is 1. The molecule has 0 aliphatic carbocycles. The van der Waals surface area contributed by atoms with Crippen LogP contribution < -0.4 is 4.74 Å². The molecular weight excluding hydrogens is 282 g/mol. The van der Waals surface area contributed by atoms with Gasteiger partial charge < -0.3 is 19.1 Å². The van der Waals surface area contributed by atoms with Crippen molar-refractivity contribution >= 4 is 5.91 Å². The molecule has 2 heterocycles. The second-order valence-electron chi connectivity index (χ2n) is 5.70. The molecule has 2 fully saturated rings. The number of ether oxygens (including phenoxy) is 3. The van der Waals surface area contributed by atoms with Gasteiger partial charge in [-0.3, -0.25) is 4.79 Å². The molecule has 2 aliphatic rings. The van der Waals surface area contributed by atoms with Crippen LogP contribution in [0.4, 0.5) is 0 Å². The van der Waals surface area contributed by atoms with E-state index in [2.05, 4.69) is 0 Å². The van der Waals surface area contributed by atoms with Crippen LogP contribution in [0, 0.1) is 5.92 Å². The van der Waals surface area contributed by atoms with Crippen molar-refractivity contribution in [1.29, 1.82) is 0 Å². The van der Waals surface area contributed by atoms with Gasteiger partial charge in [0.2, 0.25) is 0 Å². The molecule has 5 heteroatoms.